The number of piperazine rings is 1. The highest BCUT2D eigenvalue weighted by atomic mass is 16.6. The Morgan fingerprint density at radius 3 is 2.61 bits per heavy atom. The third kappa shape index (κ3) is 6.21. The topological polar surface area (TPSA) is 127 Å². The van der Waals surface area contributed by atoms with Gasteiger partial charge >= 0.3 is 6.03 Å². The van der Waals surface area contributed by atoms with Crippen molar-refractivity contribution in [3.63, 3.8) is 0 Å². The largest absolute Gasteiger partial charge is 0.486 e. The molecule has 0 radical (unpaired) electrons. The van der Waals surface area contributed by atoms with E-state index in [0.29, 0.717) is 62.5 Å². The summed E-state index contributed by atoms with van der Waals surface area (Å²) in [6, 6.07) is 16.3. The molecule has 0 saturated carbocycles. The van der Waals surface area contributed by atoms with Gasteiger partial charge in [-0.25, -0.2) is 19.7 Å². The maximum absolute atomic E-state index is 13.2. The number of nitrogens with one attached hydrogen (secondary N) is 2. The van der Waals surface area contributed by atoms with E-state index in [-0.39, 0.29) is 24.4 Å². The molecule has 4 heterocycles. The van der Waals surface area contributed by atoms with Crippen LogP contribution in [0.2, 0.25) is 0 Å². The molecule has 41 heavy (non-hydrogen) atoms. The van der Waals surface area contributed by atoms with Crippen molar-refractivity contribution in [2.45, 2.75) is 19.0 Å². The highest BCUT2D eigenvalue weighted by molar-refractivity contribution is 5.89. The van der Waals surface area contributed by atoms with Crippen LogP contribution in [0.3, 0.4) is 0 Å². The number of rotatable bonds is 7. The second-order valence-corrected chi connectivity index (χ2v) is 9.75. The minimum atomic E-state index is -0.309. The summed E-state index contributed by atoms with van der Waals surface area (Å²) in [6.45, 7) is 2.69. The molecular weight excluding hydrogens is 524 g/mol. The maximum Gasteiger partial charge on any atom is 0.321 e. The first-order chi connectivity index (χ1) is 20.1. The normalized spacial score (nSPS) is 16.2. The Hall–Kier alpha value is -5.13. The van der Waals surface area contributed by atoms with Gasteiger partial charge in [-0.05, 0) is 29.8 Å². The van der Waals surface area contributed by atoms with Gasteiger partial charge in [0.2, 0.25) is 5.91 Å². The number of amides is 3. The number of ether oxygens (including phenoxy) is 2. The van der Waals surface area contributed by atoms with E-state index in [9.17, 15) is 9.59 Å². The number of benzene rings is 2. The average molecular weight is 555 g/mol. The molecule has 2 aliphatic rings. The molecule has 2 N–H and O–H groups in total. The van der Waals surface area contributed by atoms with Crippen molar-refractivity contribution in [1.82, 2.24) is 29.7 Å². The second-order valence-electron chi connectivity index (χ2n) is 9.75. The SMILES string of the molecule is O=C(CC1CN(C(=O)Nc2ccccc2)CCN1c1cc(-n2ccnc2)ncn1)NCc1ccc2c(c1)OCCO2. The van der Waals surface area contributed by atoms with Crippen molar-refractivity contribution in [2.75, 3.05) is 43.1 Å². The van der Waals surface area contributed by atoms with Crippen LogP contribution in [-0.4, -0.2) is 75.2 Å². The van der Waals surface area contributed by atoms with Crippen molar-refractivity contribution in [2.24, 2.45) is 0 Å². The number of fused-ring (bicyclic) bond motifs is 1. The molecular formula is C29H30N8O4. The summed E-state index contributed by atoms with van der Waals surface area (Å²) >= 11 is 0. The van der Waals surface area contributed by atoms with Gasteiger partial charge < -0.3 is 29.9 Å². The lowest BCUT2D eigenvalue weighted by Gasteiger charge is -2.41. The third-order valence-corrected chi connectivity index (χ3v) is 7.01. The highest BCUT2D eigenvalue weighted by Gasteiger charge is 2.32. The van der Waals surface area contributed by atoms with Crippen LogP contribution in [0.1, 0.15) is 12.0 Å². The highest BCUT2D eigenvalue weighted by Crippen LogP contribution is 2.30. The van der Waals surface area contributed by atoms with E-state index in [1.54, 1.807) is 28.2 Å². The van der Waals surface area contributed by atoms with E-state index in [2.05, 4.69) is 30.5 Å². The predicted molar refractivity (Wildman–Crippen MR) is 151 cm³/mol. The van der Waals surface area contributed by atoms with Crippen LogP contribution in [0.4, 0.5) is 16.3 Å². The number of nitrogens with zero attached hydrogens (tertiary/aromatic N) is 6. The van der Waals surface area contributed by atoms with Crippen LogP contribution in [0.25, 0.3) is 5.82 Å². The van der Waals surface area contributed by atoms with Crippen LogP contribution in [0.5, 0.6) is 11.5 Å². The van der Waals surface area contributed by atoms with Gasteiger partial charge in [0.15, 0.2) is 11.5 Å². The van der Waals surface area contributed by atoms with Gasteiger partial charge in [-0.2, -0.15) is 0 Å². The first-order valence-electron chi connectivity index (χ1n) is 13.5. The Balaban J connectivity index is 1.17. The lowest BCUT2D eigenvalue weighted by atomic mass is 10.1. The fraction of sp³-hybridized carbons (Fsp3) is 0.276. The van der Waals surface area contributed by atoms with Crippen molar-refractivity contribution in [3.8, 4) is 17.3 Å². The molecule has 2 aliphatic heterocycles. The van der Waals surface area contributed by atoms with Crippen LogP contribution >= 0.6 is 0 Å². The van der Waals surface area contributed by atoms with Gasteiger partial charge in [-0.3, -0.25) is 9.36 Å². The lowest BCUT2D eigenvalue weighted by molar-refractivity contribution is -0.121. The van der Waals surface area contributed by atoms with Gasteiger partial charge in [0.1, 0.15) is 37.5 Å². The Labute approximate surface area is 236 Å². The Morgan fingerprint density at radius 1 is 0.951 bits per heavy atom. The quantitative estimate of drug-likeness (QED) is 0.357. The fourth-order valence-electron chi connectivity index (χ4n) is 4.95. The molecule has 0 bridgehead atoms. The first-order valence-corrected chi connectivity index (χ1v) is 13.5. The van der Waals surface area contributed by atoms with Crippen LogP contribution in [-0.2, 0) is 11.3 Å². The van der Waals surface area contributed by atoms with Crippen LogP contribution in [0, 0.1) is 0 Å². The van der Waals surface area contributed by atoms with E-state index in [1.165, 1.54) is 6.33 Å². The molecule has 1 fully saturated rings. The molecule has 1 saturated heterocycles. The monoisotopic (exact) mass is 554 g/mol. The number of urea groups is 1. The number of carbonyl (C=O) groups is 2. The molecule has 6 rings (SSSR count). The van der Waals surface area contributed by atoms with E-state index in [1.807, 2.05) is 54.6 Å². The summed E-state index contributed by atoms with van der Waals surface area (Å²) in [4.78, 5) is 43.1. The molecule has 2 aromatic carbocycles. The molecule has 3 amide bonds. The minimum Gasteiger partial charge on any atom is -0.486 e. The van der Waals surface area contributed by atoms with Gasteiger partial charge in [-0.1, -0.05) is 24.3 Å². The van der Waals surface area contributed by atoms with Crippen molar-refractivity contribution in [1.29, 1.82) is 0 Å². The molecule has 0 aliphatic carbocycles. The molecule has 4 aromatic rings. The molecule has 2 aromatic heterocycles. The number of anilines is 2. The van der Waals surface area contributed by atoms with E-state index < -0.39 is 0 Å². The molecule has 0 spiro atoms. The Kier molecular flexibility index (Phi) is 7.61. The summed E-state index contributed by atoms with van der Waals surface area (Å²) in [5.74, 6) is 2.59. The number of aromatic nitrogens is 4. The van der Waals surface area contributed by atoms with E-state index >= 15 is 0 Å². The summed E-state index contributed by atoms with van der Waals surface area (Å²) in [5, 5.41) is 5.97. The average Bonchev–Trinajstić information content (AvgIpc) is 3.56. The van der Waals surface area contributed by atoms with Crippen molar-refractivity contribution >= 4 is 23.4 Å². The van der Waals surface area contributed by atoms with Crippen molar-refractivity contribution < 1.29 is 19.1 Å². The third-order valence-electron chi connectivity index (χ3n) is 7.01. The van der Waals surface area contributed by atoms with E-state index in [0.717, 1.165) is 11.3 Å². The lowest BCUT2D eigenvalue weighted by Crippen LogP contribution is -2.57. The number of imidazole rings is 1. The predicted octanol–water partition coefficient (Wildman–Crippen LogP) is 2.86. The fourth-order valence-corrected chi connectivity index (χ4v) is 4.95. The van der Waals surface area contributed by atoms with Gasteiger partial charge in [0.25, 0.3) is 0 Å². The minimum absolute atomic E-state index is 0.135. The number of hydrogen-bond acceptors (Lipinski definition) is 8. The summed E-state index contributed by atoms with van der Waals surface area (Å²) in [6.07, 6.45) is 6.82. The van der Waals surface area contributed by atoms with Crippen LogP contribution in [0.15, 0.2) is 79.6 Å². The zero-order valence-corrected chi connectivity index (χ0v) is 22.3. The summed E-state index contributed by atoms with van der Waals surface area (Å²) < 4.78 is 13.0. The number of hydrogen-bond donors (Lipinski definition) is 2. The zero-order chi connectivity index (χ0) is 28.0. The second kappa shape index (κ2) is 11.9. The summed E-state index contributed by atoms with van der Waals surface area (Å²) in [5.41, 5.74) is 1.63. The Morgan fingerprint density at radius 2 is 1.78 bits per heavy atom. The Bertz CT molecular complexity index is 1500. The maximum atomic E-state index is 13.2. The zero-order valence-electron chi connectivity index (χ0n) is 22.3. The first kappa shape index (κ1) is 26.1. The van der Waals surface area contributed by atoms with Gasteiger partial charge in [-0.15, -0.1) is 0 Å². The van der Waals surface area contributed by atoms with E-state index in [4.69, 9.17) is 9.47 Å². The molecule has 12 nitrogen and oxygen atoms in total. The molecule has 1 unspecified atom stereocenters. The molecule has 1 atom stereocenters. The van der Waals surface area contributed by atoms with Crippen molar-refractivity contribution in [3.05, 3.63) is 85.2 Å². The number of carbonyl (C=O) groups excluding carboxylic acids is 2. The number of para-hydroxylation sites is 1. The molecule has 12 heteroatoms. The van der Waals surface area contributed by atoms with Gasteiger partial charge in [0.05, 0.1) is 6.04 Å². The summed E-state index contributed by atoms with van der Waals surface area (Å²) in [7, 11) is 0. The smallest absolute Gasteiger partial charge is 0.321 e. The standard InChI is InChI=1S/C29H30N8O4/c38-28(31-17-21-6-7-24-25(14-21)41-13-12-40-24)15-23-18-35(29(39)34-22-4-2-1-3-5-22)10-11-37(23)27-16-26(32-19-33-27)36-9-8-30-20-36/h1-9,14,16,19-20,23H,10-13,15,17-18H2,(H,31,38)(H,34,39). The van der Waals surface area contributed by atoms with Crippen LogP contribution < -0.4 is 25.0 Å². The molecule has 210 valence electrons. The van der Waals surface area contributed by atoms with Gasteiger partial charge in [0, 0.05) is 56.7 Å².